The molecule has 0 bridgehead atoms. The molecular formula is C10H15BrN2. The fraction of sp³-hybridized carbons (Fsp3) is 0.700. The van der Waals surface area contributed by atoms with Gasteiger partial charge in [-0.05, 0) is 28.8 Å². The van der Waals surface area contributed by atoms with E-state index in [1.165, 1.54) is 38.5 Å². The lowest BCUT2D eigenvalue weighted by Crippen LogP contribution is -2.06. The Balaban J connectivity index is 2.10. The molecule has 0 radical (unpaired) electrons. The first kappa shape index (κ1) is 9.25. The Hall–Kier alpha value is -0.310. The first-order valence-electron chi connectivity index (χ1n) is 5.06. The molecule has 3 heteroatoms. The summed E-state index contributed by atoms with van der Waals surface area (Å²) in [6, 6.07) is 0.680. The highest BCUT2D eigenvalue weighted by atomic mass is 79.9. The molecule has 0 aromatic carbocycles. The van der Waals surface area contributed by atoms with E-state index in [1.807, 2.05) is 6.20 Å². The average Bonchev–Trinajstić information content (AvgIpc) is 2.43. The standard InChI is InChI=1S/C10H15BrN2/c11-10-12-7-8-13(10)9-5-3-1-2-4-6-9/h7-9H,1-6H2. The third kappa shape index (κ3) is 2.13. The molecule has 0 amide bonds. The third-order valence-electron chi connectivity index (χ3n) is 2.84. The molecule has 2 rings (SSSR count). The molecular weight excluding hydrogens is 228 g/mol. The maximum absolute atomic E-state index is 4.20. The van der Waals surface area contributed by atoms with Crippen molar-refractivity contribution in [3.8, 4) is 0 Å². The Kier molecular flexibility index (Phi) is 3.04. The van der Waals surface area contributed by atoms with Crippen molar-refractivity contribution < 1.29 is 0 Å². The van der Waals surface area contributed by atoms with E-state index in [9.17, 15) is 0 Å². The van der Waals surface area contributed by atoms with Gasteiger partial charge in [-0.3, -0.25) is 0 Å². The minimum absolute atomic E-state index is 0.680. The van der Waals surface area contributed by atoms with Crippen LogP contribution in [0.1, 0.15) is 44.6 Å². The van der Waals surface area contributed by atoms with Crippen LogP contribution in [0.5, 0.6) is 0 Å². The van der Waals surface area contributed by atoms with Gasteiger partial charge in [0.25, 0.3) is 0 Å². The molecule has 0 N–H and O–H groups in total. The zero-order valence-electron chi connectivity index (χ0n) is 7.75. The van der Waals surface area contributed by atoms with Crippen LogP contribution in [-0.4, -0.2) is 9.55 Å². The fourth-order valence-electron chi connectivity index (χ4n) is 2.10. The van der Waals surface area contributed by atoms with Crippen LogP contribution in [0.25, 0.3) is 0 Å². The number of hydrogen-bond donors (Lipinski definition) is 0. The first-order chi connectivity index (χ1) is 6.38. The summed E-state index contributed by atoms with van der Waals surface area (Å²) in [4.78, 5) is 4.20. The molecule has 1 aromatic rings. The summed E-state index contributed by atoms with van der Waals surface area (Å²) in [6.07, 6.45) is 12.1. The van der Waals surface area contributed by atoms with Crippen LogP contribution in [0.15, 0.2) is 17.1 Å². The Morgan fingerprint density at radius 2 is 1.92 bits per heavy atom. The van der Waals surface area contributed by atoms with Gasteiger partial charge in [0.15, 0.2) is 4.73 Å². The van der Waals surface area contributed by atoms with Crippen LogP contribution >= 0.6 is 15.9 Å². The zero-order valence-corrected chi connectivity index (χ0v) is 9.33. The van der Waals surface area contributed by atoms with E-state index in [0.717, 1.165) is 4.73 Å². The summed E-state index contributed by atoms with van der Waals surface area (Å²) >= 11 is 3.48. The van der Waals surface area contributed by atoms with Gasteiger partial charge in [0, 0.05) is 18.4 Å². The zero-order chi connectivity index (χ0) is 9.10. The van der Waals surface area contributed by atoms with Crippen LogP contribution in [0.3, 0.4) is 0 Å². The molecule has 0 unspecified atom stereocenters. The van der Waals surface area contributed by atoms with Gasteiger partial charge in [0.05, 0.1) is 0 Å². The van der Waals surface area contributed by atoms with E-state index in [-0.39, 0.29) is 0 Å². The lowest BCUT2D eigenvalue weighted by molar-refractivity contribution is 0.436. The molecule has 1 saturated carbocycles. The van der Waals surface area contributed by atoms with Crippen LogP contribution in [0.4, 0.5) is 0 Å². The molecule has 13 heavy (non-hydrogen) atoms. The molecule has 1 aliphatic carbocycles. The molecule has 1 fully saturated rings. The van der Waals surface area contributed by atoms with Gasteiger partial charge >= 0.3 is 0 Å². The highest BCUT2D eigenvalue weighted by Gasteiger charge is 2.15. The van der Waals surface area contributed by atoms with Gasteiger partial charge in [0.2, 0.25) is 0 Å². The minimum Gasteiger partial charge on any atom is -0.323 e. The monoisotopic (exact) mass is 242 g/mol. The topological polar surface area (TPSA) is 17.8 Å². The Bertz CT molecular complexity index is 262. The molecule has 1 heterocycles. The lowest BCUT2D eigenvalue weighted by atomic mass is 10.1. The summed E-state index contributed by atoms with van der Waals surface area (Å²) in [6.45, 7) is 0. The van der Waals surface area contributed by atoms with Crippen molar-refractivity contribution >= 4 is 15.9 Å². The Labute approximate surface area is 87.5 Å². The number of hydrogen-bond acceptors (Lipinski definition) is 1. The summed E-state index contributed by atoms with van der Waals surface area (Å²) in [5.41, 5.74) is 0. The van der Waals surface area contributed by atoms with E-state index >= 15 is 0 Å². The van der Waals surface area contributed by atoms with Crippen molar-refractivity contribution in [3.05, 3.63) is 17.1 Å². The van der Waals surface area contributed by atoms with Crippen LogP contribution in [-0.2, 0) is 0 Å². The minimum atomic E-state index is 0.680. The summed E-state index contributed by atoms with van der Waals surface area (Å²) < 4.78 is 3.25. The SMILES string of the molecule is Brc1nccn1C1CCCCCC1. The van der Waals surface area contributed by atoms with Gasteiger partial charge in [-0.25, -0.2) is 4.98 Å². The second-order valence-electron chi connectivity index (χ2n) is 3.75. The fourth-order valence-corrected chi connectivity index (χ4v) is 2.63. The van der Waals surface area contributed by atoms with Crippen molar-refractivity contribution in [2.75, 3.05) is 0 Å². The molecule has 2 nitrogen and oxygen atoms in total. The van der Waals surface area contributed by atoms with Gasteiger partial charge in [0.1, 0.15) is 0 Å². The lowest BCUT2D eigenvalue weighted by Gasteiger charge is -2.16. The number of nitrogens with zero attached hydrogens (tertiary/aromatic N) is 2. The van der Waals surface area contributed by atoms with Crippen molar-refractivity contribution in [2.45, 2.75) is 44.6 Å². The maximum Gasteiger partial charge on any atom is 0.177 e. The molecule has 0 spiro atoms. The van der Waals surface area contributed by atoms with E-state index in [4.69, 9.17) is 0 Å². The summed E-state index contributed by atoms with van der Waals surface area (Å²) in [5, 5.41) is 0. The molecule has 1 aromatic heterocycles. The molecule has 0 saturated heterocycles. The number of halogens is 1. The van der Waals surface area contributed by atoms with Gasteiger partial charge in [-0.1, -0.05) is 25.7 Å². The second kappa shape index (κ2) is 4.27. The van der Waals surface area contributed by atoms with E-state index < -0.39 is 0 Å². The predicted octanol–water partition coefficient (Wildman–Crippen LogP) is 3.54. The number of rotatable bonds is 1. The average molecular weight is 243 g/mol. The molecule has 1 aliphatic rings. The second-order valence-corrected chi connectivity index (χ2v) is 4.46. The smallest absolute Gasteiger partial charge is 0.177 e. The summed E-state index contributed by atoms with van der Waals surface area (Å²) in [7, 11) is 0. The van der Waals surface area contributed by atoms with Crippen molar-refractivity contribution in [3.63, 3.8) is 0 Å². The normalized spacial score (nSPS) is 20.1. The first-order valence-corrected chi connectivity index (χ1v) is 5.85. The highest BCUT2D eigenvalue weighted by Crippen LogP contribution is 2.28. The van der Waals surface area contributed by atoms with Crippen LogP contribution < -0.4 is 0 Å². The van der Waals surface area contributed by atoms with Gasteiger partial charge in [-0.15, -0.1) is 0 Å². The maximum atomic E-state index is 4.20. The number of imidazole rings is 1. The van der Waals surface area contributed by atoms with Crippen molar-refractivity contribution in [2.24, 2.45) is 0 Å². The van der Waals surface area contributed by atoms with E-state index in [1.54, 1.807) is 0 Å². The Morgan fingerprint density at radius 3 is 2.46 bits per heavy atom. The summed E-state index contributed by atoms with van der Waals surface area (Å²) in [5.74, 6) is 0. The highest BCUT2D eigenvalue weighted by molar-refractivity contribution is 9.10. The van der Waals surface area contributed by atoms with Crippen LogP contribution in [0.2, 0.25) is 0 Å². The van der Waals surface area contributed by atoms with E-state index in [0.29, 0.717) is 6.04 Å². The van der Waals surface area contributed by atoms with Crippen molar-refractivity contribution in [1.29, 1.82) is 0 Å². The Morgan fingerprint density at radius 1 is 1.23 bits per heavy atom. The third-order valence-corrected chi connectivity index (χ3v) is 3.45. The van der Waals surface area contributed by atoms with Crippen molar-refractivity contribution in [1.82, 2.24) is 9.55 Å². The quantitative estimate of drug-likeness (QED) is 0.690. The van der Waals surface area contributed by atoms with Crippen LogP contribution in [0, 0.1) is 0 Å². The molecule has 72 valence electrons. The number of aromatic nitrogens is 2. The van der Waals surface area contributed by atoms with Gasteiger partial charge in [-0.2, -0.15) is 0 Å². The van der Waals surface area contributed by atoms with Gasteiger partial charge < -0.3 is 4.57 Å². The molecule has 0 aliphatic heterocycles. The van der Waals surface area contributed by atoms with E-state index in [2.05, 4.69) is 31.7 Å². The predicted molar refractivity (Wildman–Crippen MR) is 56.7 cm³/mol. The molecule has 0 atom stereocenters. The largest absolute Gasteiger partial charge is 0.323 e.